The van der Waals surface area contributed by atoms with Crippen LogP contribution in [0.25, 0.3) is 0 Å². The molecule has 2 bridgehead atoms. The number of thiophene rings is 1. The first-order valence-electron chi connectivity index (χ1n) is 10.3. The van der Waals surface area contributed by atoms with Crippen LogP contribution in [-0.4, -0.2) is 24.2 Å². The van der Waals surface area contributed by atoms with E-state index in [0.29, 0.717) is 22.6 Å². The van der Waals surface area contributed by atoms with Crippen LogP contribution in [0.4, 0.5) is 5.00 Å². The topological polar surface area (TPSA) is 50.4 Å². The van der Waals surface area contributed by atoms with Gasteiger partial charge in [-0.15, -0.1) is 11.3 Å². The Bertz CT molecular complexity index is 745. The summed E-state index contributed by atoms with van der Waals surface area (Å²) >= 11 is 7.28. The van der Waals surface area contributed by atoms with Crippen molar-refractivity contribution in [2.45, 2.75) is 64.8 Å². The van der Waals surface area contributed by atoms with Gasteiger partial charge in [0.05, 0.1) is 12.7 Å². The molecular formula is C21H30N2O2S2. The van der Waals surface area contributed by atoms with Gasteiger partial charge in [-0.1, -0.05) is 13.3 Å². The fourth-order valence-electron chi connectivity index (χ4n) is 5.52. The van der Waals surface area contributed by atoms with Gasteiger partial charge >= 0.3 is 5.97 Å². The van der Waals surface area contributed by atoms with E-state index in [9.17, 15) is 4.79 Å². The van der Waals surface area contributed by atoms with Gasteiger partial charge in [-0.2, -0.15) is 0 Å². The normalized spacial score (nSPS) is 29.9. The Morgan fingerprint density at radius 3 is 2.78 bits per heavy atom. The van der Waals surface area contributed by atoms with E-state index in [4.69, 9.17) is 17.0 Å². The highest BCUT2D eigenvalue weighted by atomic mass is 32.1. The van der Waals surface area contributed by atoms with Crippen molar-refractivity contribution in [2.75, 3.05) is 12.4 Å². The summed E-state index contributed by atoms with van der Waals surface area (Å²) in [5.41, 5.74) is 1.86. The molecule has 0 aliphatic heterocycles. The van der Waals surface area contributed by atoms with Gasteiger partial charge in [0.15, 0.2) is 5.11 Å². The molecule has 5 atom stereocenters. The maximum atomic E-state index is 12.4. The molecule has 27 heavy (non-hydrogen) atoms. The predicted octanol–water partition coefficient (Wildman–Crippen LogP) is 4.77. The number of carbonyl (C=O) groups excluding carboxylic acids is 1. The lowest BCUT2D eigenvalue weighted by Crippen LogP contribution is -2.42. The fourth-order valence-corrected chi connectivity index (χ4v) is 7.27. The zero-order valence-corrected chi connectivity index (χ0v) is 18.1. The minimum absolute atomic E-state index is 0.256. The van der Waals surface area contributed by atoms with Gasteiger partial charge in [-0.05, 0) is 86.9 Å². The monoisotopic (exact) mass is 406 g/mol. The smallest absolute Gasteiger partial charge is 0.341 e. The second kappa shape index (κ2) is 7.70. The number of nitrogens with one attached hydrogen (secondary N) is 2. The van der Waals surface area contributed by atoms with Crippen LogP contribution in [-0.2, 0) is 17.6 Å². The van der Waals surface area contributed by atoms with Crippen LogP contribution in [0.2, 0.25) is 0 Å². The maximum Gasteiger partial charge on any atom is 0.341 e. The average Bonchev–Trinajstić information content (AvgIpc) is 3.34. The molecule has 0 amide bonds. The lowest BCUT2D eigenvalue weighted by molar-refractivity contribution is 0.0601. The number of ether oxygens (including phenoxy) is 1. The summed E-state index contributed by atoms with van der Waals surface area (Å²) in [6.45, 7) is 4.53. The molecular weight excluding hydrogens is 376 g/mol. The number of esters is 1. The van der Waals surface area contributed by atoms with E-state index in [1.807, 2.05) is 0 Å². The van der Waals surface area contributed by atoms with Crippen molar-refractivity contribution in [3.63, 3.8) is 0 Å². The van der Waals surface area contributed by atoms with Gasteiger partial charge in [0.1, 0.15) is 5.00 Å². The molecule has 3 aliphatic rings. The molecule has 1 aromatic rings. The fraction of sp³-hybridized carbons (Fsp3) is 0.714. The molecule has 0 aromatic carbocycles. The summed E-state index contributed by atoms with van der Waals surface area (Å²) in [5, 5.41) is 8.31. The second-order valence-corrected chi connectivity index (χ2v) is 10.3. The number of hydrogen-bond donors (Lipinski definition) is 2. The van der Waals surface area contributed by atoms with Crippen LogP contribution in [0.3, 0.4) is 0 Å². The summed E-state index contributed by atoms with van der Waals surface area (Å²) in [6, 6.07) is 0.372. The van der Waals surface area contributed by atoms with Crippen LogP contribution in [0, 0.1) is 23.7 Å². The number of rotatable bonds is 4. The molecule has 2 fully saturated rings. The molecule has 5 unspecified atom stereocenters. The first-order chi connectivity index (χ1) is 13.0. The highest BCUT2D eigenvalue weighted by Gasteiger charge is 2.42. The first kappa shape index (κ1) is 19.2. The molecule has 3 aliphatic carbocycles. The third kappa shape index (κ3) is 3.75. The van der Waals surface area contributed by atoms with Crippen molar-refractivity contribution >= 4 is 39.6 Å². The molecule has 6 heteroatoms. The van der Waals surface area contributed by atoms with Crippen molar-refractivity contribution in [1.82, 2.24) is 5.32 Å². The van der Waals surface area contributed by atoms with Gasteiger partial charge in [0.2, 0.25) is 0 Å². The Balaban J connectivity index is 1.46. The van der Waals surface area contributed by atoms with Gasteiger partial charge < -0.3 is 15.4 Å². The van der Waals surface area contributed by atoms with Gasteiger partial charge in [-0.25, -0.2) is 4.79 Å². The van der Waals surface area contributed by atoms with Gasteiger partial charge in [0.25, 0.3) is 0 Å². The van der Waals surface area contributed by atoms with Crippen LogP contribution >= 0.6 is 23.6 Å². The third-order valence-corrected chi connectivity index (χ3v) is 8.31. The Morgan fingerprint density at radius 2 is 2.11 bits per heavy atom. The highest BCUT2D eigenvalue weighted by molar-refractivity contribution is 7.80. The number of methoxy groups -OCH3 is 1. The summed E-state index contributed by atoms with van der Waals surface area (Å²) in [7, 11) is 1.45. The van der Waals surface area contributed by atoms with E-state index < -0.39 is 0 Å². The van der Waals surface area contributed by atoms with E-state index in [1.165, 1.54) is 37.7 Å². The van der Waals surface area contributed by atoms with E-state index in [-0.39, 0.29) is 5.97 Å². The van der Waals surface area contributed by atoms with Crippen molar-refractivity contribution in [1.29, 1.82) is 0 Å². The van der Waals surface area contributed by atoms with Crippen molar-refractivity contribution < 1.29 is 9.53 Å². The minimum Gasteiger partial charge on any atom is -0.465 e. The molecule has 4 nitrogen and oxygen atoms in total. The van der Waals surface area contributed by atoms with Crippen molar-refractivity contribution in [3.8, 4) is 0 Å². The van der Waals surface area contributed by atoms with Crippen molar-refractivity contribution in [3.05, 3.63) is 16.0 Å². The van der Waals surface area contributed by atoms with Crippen LogP contribution in [0.15, 0.2) is 0 Å². The van der Waals surface area contributed by atoms with E-state index in [0.717, 1.165) is 47.6 Å². The Hall–Kier alpha value is -1.14. The molecule has 1 heterocycles. The zero-order chi connectivity index (χ0) is 19.1. The molecule has 148 valence electrons. The number of anilines is 1. The Kier molecular flexibility index (Phi) is 5.48. The first-order valence-corrected chi connectivity index (χ1v) is 11.5. The Morgan fingerprint density at radius 1 is 1.30 bits per heavy atom. The number of fused-ring (bicyclic) bond motifs is 3. The van der Waals surface area contributed by atoms with Crippen molar-refractivity contribution in [2.24, 2.45) is 23.7 Å². The molecule has 4 rings (SSSR count). The summed E-state index contributed by atoms with van der Waals surface area (Å²) < 4.78 is 5.07. The molecule has 0 radical (unpaired) electrons. The molecule has 0 spiro atoms. The third-order valence-electron chi connectivity index (χ3n) is 6.92. The zero-order valence-electron chi connectivity index (χ0n) is 16.5. The molecule has 2 saturated carbocycles. The Labute approximate surface area is 171 Å². The minimum atomic E-state index is -0.256. The highest BCUT2D eigenvalue weighted by Crippen LogP contribution is 2.49. The van der Waals surface area contributed by atoms with Gasteiger partial charge in [0, 0.05) is 10.9 Å². The lowest BCUT2D eigenvalue weighted by Gasteiger charge is -2.29. The SMILES string of the molecule is COC(=O)c1c(NC(=S)NC(C)C2CC3CCC2C3)sc2c1CCC(C)C2. The van der Waals surface area contributed by atoms with Crippen LogP contribution < -0.4 is 10.6 Å². The van der Waals surface area contributed by atoms with Crippen LogP contribution in [0.1, 0.15) is 66.8 Å². The molecule has 0 saturated heterocycles. The second-order valence-electron chi connectivity index (χ2n) is 8.77. The summed E-state index contributed by atoms with van der Waals surface area (Å²) in [4.78, 5) is 13.7. The average molecular weight is 407 g/mol. The van der Waals surface area contributed by atoms with Gasteiger partial charge in [-0.3, -0.25) is 0 Å². The van der Waals surface area contributed by atoms with E-state index in [1.54, 1.807) is 11.3 Å². The predicted molar refractivity (Wildman–Crippen MR) is 115 cm³/mol. The number of thiocarbonyl (C=S) groups is 1. The molecule has 2 N–H and O–H groups in total. The summed E-state index contributed by atoms with van der Waals surface area (Å²) in [5.74, 6) is 2.93. The van der Waals surface area contributed by atoms with E-state index >= 15 is 0 Å². The van der Waals surface area contributed by atoms with Crippen LogP contribution in [0.5, 0.6) is 0 Å². The standard InChI is InChI=1S/C21H30N2O2S2/c1-11-4-7-15-17(8-11)27-19(18(15)20(24)25-3)23-21(26)22-12(2)16-10-13-5-6-14(16)9-13/h11-14,16H,4-10H2,1-3H3,(H2,22,23,26). The lowest BCUT2D eigenvalue weighted by atomic mass is 9.84. The van der Waals surface area contributed by atoms with E-state index in [2.05, 4.69) is 24.5 Å². The summed E-state index contributed by atoms with van der Waals surface area (Å²) in [6.07, 6.45) is 8.63. The number of carbonyl (C=O) groups is 1. The number of hydrogen-bond acceptors (Lipinski definition) is 4. The molecule has 1 aromatic heterocycles. The quantitative estimate of drug-likeness (QED) is 0.557. The maximum absolute atomic E-state index is 12.4. The largest absolute Gasteiger partial charge is 0.465 e.